The van der Waals surface area contributed by atoms with Crippen LogP contribution in [0, 0.1) is 5.41 Å². The van der Waals surface area contributed by atoms with Gasteiger partial charge >= 0.3 is 0 Å². The van der Waals surface area contributed by atoms with E-state index in [4.69, 9.17) is 0 Å². The zero-order valence-electron chi connectivity index (χ0n) is 12.6. The topological polar surface area (TPSA) is 71.1 Å². The Bertz CT molecular complexity index is 607. The van der Waals surface area contributed by atoms with Crippen LogP contribution in [-0.4, -0.2) is 26.5 Å². The van der Waals surface area contributed by atoms with Gasteiger partial charge in [-0.15, -0.1) is 0 Å². The molecule has 2 N–H and O–H groups in total. The standard InChI is InChI=1S/C14H22BrN3O2S/c1-14(2)6-4-11(5-7-14)18-21(19,20)12-8-10(15)9-17-13(12)16-3/h8-9,11,18H,4-7H2,1-3H3,(H,16,17). The third-order valence-corrected chi connectivity index (χ3v) is 5.97. The molecule has 0 radical (unpaired) electrons. The first-order valence-corrected chi connectivity index (χ1v) is 9.37. The summed E-state index contributed by atoms with van der Waals surface area (Å²) in [6, 6.07) is 1.58. The molecular weight excluding hydrogens is 354 g/mol. The van der Waals surface area contributed by atoms with Crippen LogP contribution >= 0.6 is 15.9 Å². The van der Waals surface area contributed by atoms with Gasteiger partial charge in [0, 0.05) is 23.8 Å². The Labute approximate surface area is 135 Å². The molecule has 2 rings (SSSR count). The number of rotatable bonds is 4. The number of sulfonamides is 1. The monoisotopic (exact) mass is 375 g/mol. The molecule has 0 amide bonds. The summed E-state index contributed by atoms with van der Waals surface area (Å²) >= 11 is 3.28. The van der Waals surface area contributed by atoms with Gasteiger partial charge in [0.1, 0.15) is 10.7 Å². The van der Waals surface area contributed by atoms with Crippen molar-refractivity contribution in [2.75, 3.05) is 12.4 Å². The highest BCUT2D eigenvalue weighted by Crippen LogP contribution is 2.35. The van der Waals surface area contributed by atoms with Gasteiger partial charge in [-0.3, -0.25) is 0 Å². The van der Waals surface area contributed by atoms with E-state index in [0.29, 0.717) is 15.7 Å². The molecule has 1 aliphatic carbocycles. The quantitative estimate of drug-likeness (QED) is 0.847. The van der Waals surface area contributed by atoms with Gasteiger partial charge in [0.05, 0.1) is 0 Å². The molecular formula is C14H22BrN3O2S. The second-order valence-corrected chi connectivity index (χ2v) is 8.91. The van der Waals surface area contributed by atoms with Gasteiger partial charge < -0.3 is 5.32 Å². The van der Waals surface area contributed by atoms with E-state index in [9.17, 15) is 8.42 Å². The normalized spacial score (nSPS) is 19.4. The van der Waals surface area contributed by atoms with E-state index in [0.717, 1.165) is 25.7 Å². The van der Waals surface area contributed by atoms with Gasteiger partial charge in [0.2, 0.25) is 10.0 Å². The molecule has 1 aromatic heterocycles. The summed E-state index contributed by atoms with van der Waals surface area (Å²) in [5, 5.41) is 2.83. The van der Waals surface area contributed by atoms with E-state index < -0.39 is 10.0 Å². The Balaban J connectivity index is 2.18. The molecule has 7 heteroatoms. The summed E-state index contributed by atoms with van der Waals surface area (Å²) in [4.78, 5) is 4.29. The average molecular weight is 376 g/mol. The molecule has 1 heterocycles. The molecule has 0 atom stereocenters. The van der Waals surface area contributed by atoms with Gasteiger partial charge in [-0.1, -0.05) is 13.8 Å². The van der Waals surface area contributed by atoms with Crippen molar-refractivity contribution < 1.29 is 8.42 Å². The number of hydrogen-bond acceptors (Lipinski definition) is 4. The largest absolute Gasteiger partial charge is 0.372 e. The molecule has 1 saturated carbocycles. The lowest BCUT2D eigenvalue weighted by Crippen LogP contribution is -2.39. The number of aromatic nitrogens is 1. The maximum absolute atomic E-state index is 12.6. The minimum absolute atomic E-state index is 0.00622. The van der Waals surface area contributed by atoms with Crippen LogP contribution in [0.5, 0.6) is 0 Å². The second kappa shape index (κ2) is 6.22. The third-order valence-electron chi connectivity index (χ3n) is 4.01. The summed E-state index contributed by atoms with van der Waals surface area (Å²) in [6.45, 7) is 4.46. The lowest BCUT2D eigenvalue weighted by Gasteiger charge is -2.34. The van der Waals surface area contributed by atoms with E-state index >= 15 is 0 Å². The highest BCUT2D eigenvalue weighted by atomic mass is 79.9. The van der Waals surface area contributed by atoms with Crippen molar-refractivity contribution in [2.24, 2.45) is 5.41 Å². The Kier molecular flexibility index (Phi) is 4.95. The van der Waals surface area contributed by atoms with Crippen LogP contribution in [0.15, 0.2) is 21.6 Å². The van der Waals surface area contributed by atoms with Crippen LogP contribution in [-0.2, 0) is 10.0 Å². The van der Waals surface area contributed by atoms with Gasteiger partial charge in [-0.25, -0.2) is 18.1 Å². The highest BCUT2D eigenvalue weighted by molar-refractivity contribution is 9.10. The fraction of sp³-hybridized carbons (Fsp3) is 0.643. The van der Waals surface area contributed by atoms with Crippen LogP contribution in [0.25, 0.3) is 0 Å². The molecule has 0 aromatic carbocycles. The zero-order chi connectivity index (χ0) is 15.7. The van der Waals surface area contributed by atoms with Gasteiger partial charge in [0.15, 0.2) is 0 Å². The van der Waals surface area contributed by atoms with Gasteiger partial charge in [0.25, 0.3) is 0 Å². The van der Waals surface area contributed by atoms with Crippen molar-refractivity contribution in [3.05, 3.63) is 16.7 Å². The summed E-state index contributed by atoms with van der Waals surface area (Å²) in [6.07, 6.45) is 5.41. The smallest absolute Gasteiger partial charge is 0.244 e. The van der Waals surface area contributed by atoms with Crippen LogP contribution in [0.1, 0.15) is 39.5 Å². The Morgan fingerprint density at radius 2 is 1.95 bits per heavy atom. The van der Waals surface area contributed by atoms with Crippen LogP contribution in [0.3, 0.4) is 0 Å². The number of pyridine rings is 1. The summed E-state index contributed by atoms with van der Waals surface area (Å²) in [5.74, 6) is 0.363. The molecule has 5 nitrogen and oxygen atoms in total. The predicted molar refractivity (Wildman–Crippen MR) is 87.8 cm³/mol. The lowest BCUT2D eigenvalue weighted by atomic mass is 9.76. The molecule has 118 valence electrons. The Hall–Kier alpha value is -0.660. The number of anilines is 1. The van der Waals surface area contributed by atoms with Gasteiger partial charge in [-0.05, 0) is 53.1 Å². The minimum Gasteiger partial charge on any atom is -0.372 e. The first-order chi connectivity index (χ1) is 9.73. The first kappa shape index (κ1) is 16.7. The molecule has 1 aromatic rings. The molecule has 0 aliphatic heterocycles. The van der Waals surface area contributed by atoms with Crippen molar-refractivity contribution in [3.8, 4) is 0 Å². The lowest BCUT2D eigenvalue weighted by molar-refractivity contribution is 0.218. The maximum atomic E-state index is 12.6. The molecule has 1 fully saturated rings. The Morgan fingerprint density at radius 1 is 1.33 bits per heavy atom. The minimum atomic E-state index is -3.57. The maximum Gasteiger partial charge on any atom is 0.244 e. The number of halogens is 1. The van der Waals surface area contributed by atoms with Crippen LogP contribution in [0.2, 0.25) is 0 Å². The van der Waals surface area contributed by atoms with E-state index in [1.165, 1.54) is 0 Å². The fourth-order valence-electron chi connectivity index (χ4n) is 2.61. The van der Waals surface area contributed by atoms with E-state index in [1.807, 2.05) is 0 Å². The predicted octanol–water partition coefficient (Wildman–Crippen LogP) is 3.13. The molecule has 0 saturated heterocycles. The van der Waals surface area contributed by atoms with Crippen molar-refractivity contribution in [2.45, 2.75) is 50.5 Å². The fourth-order valence-corrected chi connectivity index (χ4v) is 4.59. The summed E-state index contributed by atoms with van der Waals surface area (Å²) < 4.78 is 28.6. The molecule has 0 unspecified atom stereocenters. The first-order valence-electron chi connectivity index (χ1n) is 7.09. The van der Waals surface area contributed by atoms with E-state index in [2.05, 4.69) is 44.8 Å². The number of nitrogens with one attached hydrogen (secondary N) is 2. The molecule has 1 aliphatic rings. The SMILES string of the molecule is CNc1ncc(Br)cc1S(=O)(=O)NC1CCC(C)(C)CC1. The zero-order valence-corrected chi connectivity index (χ0v) is 15.0. The van der Waals surface area contributed by atoms with Crippen LogP contribution in [0.4, 0.5) is 5.82 Å². The molecule has 0 spiro atoms. The van der Waals surface area contributed by atoms with Crippen LogP contribution < -0.4 is 10.0 Å². The van der Waals surface area contributed by atoms with Crippen molar-refractivity contribution in [1.29, 1.82) is 0 Å². The van der Waals surface area contributed by atoms with Crippen molar-refractivity contribution >= 4 is 31.8 Å². The third kappa shape index (κ3) is 4.17. The summed E-state index contributed by atoms with van der Waals surface area (Å²) in [5.41, 5.74) is 0.315. The highest BCUT2D eigenvalue weighted by Gasteiger charge is 2.30. The number of hydrogen-bond donors (Lipinski definition) is 2. The van der Waals surface area contributed by atoms with Crippen molar-refractivity contribution in [1.82, 2.24) is 9.71 Å². The molecule has 21 heavy (non-hydrogen) atoms. The van der Waals surface area contributed by atoms with Crippen molar-refractivity contribution in [3.63, 3.8) is 0 Å². The average Bonchev–Trinajstić information content (AvgIpc) is 2.41. The summed E-state index contributed by atoms with van der Waals surface area (Å²) in [7, 11) is -1.90. The second-order valence-electron chi connectivity index (χ2n) is 6.31. The molecule has 0 bridgehead atoms. The van der Waals surface area contributed by atoms with Gasteiger partial charge in [-0.2, -0.15) is 0 Å². The Morgan fingerprint density at radius 3 is 2.52 bits per heavy atom. The van der Waals surface area contributed by atoms with E-state index in [1.54, 1.807) is 19.3 Å². The number of nitrogens with zero attached hydrogens (tertiary/aromatic N) is 1. The van der Waals surface area contributed by atoms with E-state index in [-0.39, 0.29) is 10.9 Å².